The molecule has 1 aliphatic rings. The van der Waals surface area contributed by atoms with Gasteiger partial charge in [0.15, 0.2) is 5.96 Å². The third-order valence-corrected chi connectivity index (χ3v) is 6.09. The highest BCUT2D eigenvalue weighted by Gasteiger charge is 2.21. The van der Waals surface area contributed by atoms with E-state index in [4.69, 9.17) is 4.99 Å². The maximum atomic E-state index is 12.0. The average molecular weight is 560 g/mol. The van der Waals surface area contributed by atoms with E-state index in [1.807, 2.05) is 23.6 Å². The number of guanidine groups is 1. The van der Waals surface area contributed by atoms with E-state index < -0.39 is 0 Å². The number of nitrogens with zero attached hydrogens (tertiary/aromatic N) is 6. The number of halogens is 1. The van der Waals surface area contributed by atoms with Gasteiger partial charge in [-0.1, -0.05) is 13.0 Å². The topological polar surface area (TPSA) is 78.7 Å². The molecule has 0 amide bonds. The van der Waals surface area contributed by atoms with Gasteiger partial charge >= 0.3 is 0 Å². The first-order chi connectivity index (χ1) is 14.6. The molecule has 10 heteroatoms. The standard InChI is InChI=1S/C21H33N7OS.HI/c1-4-18-24-21(30-25-18)27-15-13-26(14-16-27)20(22-5-2)23-11-6-7-12-28-17(3)9-8-10-19(28)29;/h8-10H,4-7,11-16H2,1-3H3,(H,22,23);1H. The summed E-state index contributed by atoms with van der Waals surface area (Å²) in [5, 5.41) is 4.45. The Labute approximate surface area is 206 Å². The van der Waals surface area contributed by atoms with Crippen molar-refractivity contribution in [3.63, 3.8) is 0 Å². The molecule has 2 aromatic heterocycles. The molecule has 3 heterocycles. The van der Waals surface area contributed by atoms with Crippen molar-refractivity contribution >= 4 is 46.6 Å². The second kappa shape index (κ2) is 13.0. The first-order valence-corrected chi connectivity index (χ1v) is 11.7. The van der Waals surface area contributed by atoms with E-state index in [2.05, 4.69) is 38.3 Å². The number of nitrogens with one attached hydrogen (secondary N) is 1. The lowest BCUT2D eigenvalue weighted by Crippen LogP contribution is -2.52. The highest BCUT2D eigenvalue weighted by Crippen LogP contribution is 2.19. The smallest absolute Gasteiger partial charge is 0.250 e. The average Bonchev–Trinajstić information content (AvgIpc) is 3.24. The molecule has 1 fully saturated rings. The lowest BCUT2D eigenvalue weighted by molar-refractivity contribution is 0.372. The number of rotatable bonds is 8. The second-order valence-corrected chi connectivity index (χ2v) is 8.15. The summed E-state index contributed by atoms with van der Waals surface area (Å²) in [6.45, 7) is 12.2. The van der Waals surface area contributed by atoms with E-state index in [-0.39, 0.29) is 29.5 Å². The van der Waals surface area contributed by atoms with Crippen LogP contribution in [-0.2, 0) is 13.0 Å². The summed E-state index contributed by atoms with van der Waals surface area (Å²) in [7, 11) is 0. The van der Waals surface area contributed by atoms with Crippen molar-refractivity contribution in [1.29, 1.82) is 0 Å². The summed E-state index contributed by atoms with van der Waals surface area (Å²) in [6, 6.07) is 5.42. The van der Waals surface area contributed by atoms with E-state index in [9.17, 15) is 4.79 Å². The maximum absolute atomic E-state index is 12.0. The van der Waals surface area contributed by atoms with Crippen molar-refractivity contribution in [3.05, 3.63) is 40.1 Å². The van der Waals surface area contributed by atoms with Crippen LogP contribution in [0.15, 0.2) is 28.0 Å². The van der Waals surface area contributed by atoms with Gasteiger partial charge in [-0.3, -0.25) is 9.79 Å². The van der Waals surface area contributed by atoms with E-state index in [0.29, 0.717) is 0 Å². The van der Waals surface area contributed by atoms with Gasteiger partial charge in [-0.25, -0.2) is 4.98 Å². The van der Waals surface area contributed by atoms with Crippen molar-refractivity contribution in [2.45, 2.75) is 46.6 Å². The fourth-order valence-corrected chi connectivity index (χ4v) is 4.33. The zero-order chi connectivity index (χ0) is 21.3. The molecule has 1 aliphatic heterocycles. The second-order valence-electron chi connectivity index (χ2n) is 7.42. The fraction of sp³-hybridized carbons (Fsp3) is 0.619. The van der Waals surface area contributed by atoms with Gasteiger partial charge < -0.3 is 19.7 Å². The third-order valence-electron chi connectivity index (χ3n) is 5.28. The molecule has 2 aromatic rings. The minimum Gasteiger partial charge on any atom is -0.357 e. The molecule has 1 N–H and O–H groups in total. The van der Waals surface area contributed by atoms with Gasteiger partial charge in [-0.15, -0.1) is 24.0 Å². The largest absolute Gasteiger partial charge is 0.357 e. The molecule has 0 aromatic carbocycles. The summed E-state index contributed by atoms with van der Waals surface area (Å²) in [4.78, 5) is 26.0. The Morgan fingerprint density at radius 2 is 1.97 bits per heavy atom. The van der Waals surface area contributed by atoms with E-state index in [0.717, 1.165) is 87.7 Å². The molecule has 0 bridgehead atoms. The molecule has 0 spiro atoms. The molecule has 1 saturated heterocycles. The number of aromatic nitrogens is 3. The van der Waals surface area contributed by atoms with Crippen LogP contribution in [0.3, 0.4) is 0 Å². The van der Waals surface area contributed by atoms with Gasteiger partial charge in [-0.05, 0) is 32.8 Å². The molecule has 0 aliphatic carbocycles. The van der Waals surface area contributed by atoms with E-state index in [1.165, 1.54) is 11.5 Å². The number of hydrogen-bond donors (Lipinski definition) is 1. The van der Waals surface area contributed by atoms with Crippen LogP contribution < -0.4 is 15.8 Å². The number of pyridine rings is 1. The van der Waals surface area contributed by atoms with Crippen LogP contribution in [-0.4, -0.2) is 64.1 Å². The first kappa shape index (κ1) is 25.6. The third kappa shape index (κ3) is 7.16. The zero-order valence-corrected chi connectivity index (χ0v) is 21.9. The Bertz CT molecular complexity index is 890. The summed E-state index contributed by atoms with van der Waals surface area (Å²) >= 11 is 1.50. The van der Waals surface area contributed by atoms with Crippen molar-refractivity contribution in [2.75, 3.05) is 44.2 Å². The number of unbranched alkanes of at least 4 members (excludes halogenated alkanes) is 1. The maximum Gasteiger partial charge on any atom is 0.250 e. The van der Waals surface area contributed by atoms with Crippen molar-refractivity contribution in [3.8, 4) is 0 Å². The van der Waals surface area contributed by atoms with Crippen LogP contribution in [0.1, 0.15) is 38.2 Å². The van der Waals surface area contributed by atoms with Crippen molar-refractivity contribution < 1.29 is 0 Å². The van der Waals surface area contributed by atoms with E-state index in [1.54, 1.807) is 6.07 Å². The Kier molecular flexibility index (Phi) is 10.7. The molecule has 0 radical (unpaired) electrons. The Hall–Kier alpha value is -1.69. The molecule has 0 saturated carbocycles. The van der Waals surface area contributed by atoms with Gasteiger partial charge in [0.05, 0.1) is 0 Å². The zero-order valence-electron chi connectivity index (χ0n) is 18.7. The Morgan fingerprint density at radius 3 is 2.61 bits per heavy atom. The van der Waals surface area contributed by atoms with Crippen LogP contribution in [0.25, 0.3) is 0 Å². The molecule has 0 atom stereocenters. The van der Waals surface area contributed by atoms with Crippen LogP contribution in [0.2, 0.25) is 0 Å². The Morgan fingerprint density at radius 1 is 1.19 bits per heavy atom. The highest BCUT2D eigenvalue weighted by molar-refractivity contribution is 14.0. The minimum atomic E-state index is 0. The predicted octanol–water partition coefficient (Wildman–Crippen LogP) is 2.76. The first-order valence-electron chi connectivity index (χ1n) is 10.9. The molecule has 31 heavy (non-hydrogen) atoms. The van der Waals surface area contributed by atoms with Crippen LogP contribution in [0.5, 0.6) is 0 Å². The van der Waals surface area contributed by atoms with Gasteiger partial charge in [0.2, 0.25) is 5.13 Å². The predicted molar refractivity (Wildman–Crippen MR) is 139 cm³/mol. The number of piperazine rings is 1. The van der Waals surface area contributed by atoms with Crippen molar-refractivity contribution in [1.82, 2.24) is 24.1 Å². The summed E-state index contributed by atoms with van der Waals surface area (Å²) in [5.41, 5.74) is 1.09. The summed E-state index contributed by atoms with van der Waals surface area (Å²) in [5.74, 6) is 1.91. The van der Waals surface area contributed by atoms with Gasteiger partial charge in [0.1, 0.15) is 5.82 Å². The number of anilines is 1. The molecule has 172 valence electrons. The van der Waals surface area contributed by atoms with Gasteiger partial charge in [0, 0.05) is 75.5 Å². The van der Waals surface area contributed by atoms with Crippen molar-refractivity contribution in [2.24, 2.45) is 4.99 Å². The normalized spacial score (nSPS) is 14.5. The summed E-state index contributed by atoms with van der Waals surface area (Å²) < 4.78 is 6.24. The molecule has 3 rings (SSSR count). The number of aryl methyl sites for hydroxylation is 2. The minimum absolute atomic E-state index is 0. The molecule has 0 unspecified atom stereocenters. The monoisotopic (exact) mass is 559 g/mol. The molecular weight excluding hydrogens is 525 g/mol. The number of aliphatic imine (C=N–C) groups is 1. The van der Waals surface area contributed by atoms with Gasteiger partial charge in [0.25, 0.3) is 5.56 Å². The van der Waals surface area contributed by atoms with Crippen LogP contribution in [0.4, 0.5) is 5.13 Å². The lowest BCUT2D eigenvalue weighted by atomic mass is 10.3. The van der Waals surface area contributed by atoms with Gasteiger partial charge in [-0.2, -0.15) is 4.37 Å². The molecule has 8 nitrogen and oxygen atoms in total. The summed E-state index contributed by atoms with van der Waals surface area (Å²) in [6.07, 6.45) is 2.78. The van der Waals surface area contributed by atoms with E-state index >= 15 is 0 Å². The molecular formula is C21H34IN7OS. The highest BCUT2D eigenvalue weighted by atomic mass is 127. The van der Waals surface area contributed by atoms with Crippen LogP contribution >= 0.6 is 35.5 Å². The lowest BCUT2D eigenvalue weighted by Gasteiger charge is -2.36. The number of hydrogen-bond acceptors (Lipinski definition) is 6. The fourth-order valence-electron chi connectivity index (χ4n) is 3.53. The Balaban J connectivity index is 0.00000341. The quantitative estimate of drug-likeness (QED) is 0.232. The van der Waals surface area contributed by atoms with Crippen LogP contribution in [0, 0.1) is 6.92 Å². The SMILES string of the molecule is CCNC(=NCCCCn1c(C)cccc1=O)N1CCN(c2nc(CC)ns2)CC1.I.